The van der Waals surface area contributed by atoms with Gasteiger partial charge in [0.2, 0.25) is 5.78 Å². The molecule has 5 rings (SSSR count). The van der Waals surface area contributed by atoms with Gasteiger partial charge in [-0.05, 0) is 42.5 Å². The number of carbonyl (C=O) groups is 1. The Labute approximate surface area is 193 Å². The van der Waals surface area contributed by atoms with E-state index in [4.69, 9.17) is 27.3 Å². The van der Waals surface area contributed by atoms with E-state index in [1.54, 1.807) is 48.5 Å². The Bertz CT molecular complexity index is 1530. The van der Waals surface area contributed by atoms with E-state index in [-0.39, 0.29) is 17.2 Å². The quantitative estimate of drug-likeness (QED) is 0.342. The highest BCUT2D eigenvalue weighted by Gasteiger charge is 2.20. The number of ketones is 1. The van der Waals surface area contributed by atoms with Gasteiger partial charge < -0.3 is 15.5 Å². The fourth-order valence-corrected chi connectivity index (χ4v) is 3.80. The molecule has 0 spiro atoms. The largest absolute Gasteiger partial charge is 0.457 e. The van der Waals surface area contributed by atoms with Gasteiger partial charge in [-0.2, -0.15) is 10.4 Å². The lowest BCUT2D eigenvalue weighted by Crippen LogP contribution is -2.08. The number of hydrogen-bond acceptors (Lipinski definition) is 5. The summed E-state index contributed by atoms with van der Waals surface area (Å²) in [5, 5.41) is 14.6. The molecule has 0 saturated carbocycles. The Morgan fingerprint density at radius 3 is 2.67 bits per heavy atom. The van der Waals surface area contributed by atoms with Crippen LogP contribution >= 0.6 is 11.6 Å². The van der Waals surface area contributed by atoms with Crippen molar-refractivity contribution < 1.29 is 9.53 Å². The van der Waals surface area contributed by atoms with E-state index in [0.717, 1.165) is 10.9 Å². The molecule has 0 saturated heterocycles. The Kier molecular flexibility index (Phi) is 5.05. The fraction of sp³-hybridized carbons (Fsp3) is 0. The number of aromatic amines is 1. The second kappa shape index (κ2) is 8.19. The van der Waals surface area contributed by atoms with Crippen molar-refractivity contribution in [2.24, 2.45) is 0 Å². The zero-order valence-electron chi connectivity index (χ0n) is 17.1. The number of nitrogen functional groups attached to an aromatic ring is 1. The summed E-state index contributed by atoms with van der Waals surface area (Å²) in [5.74, 6) is 0.918. The van der Waals surface area contributed by atoms with Crippen LogP contribution in [0.25, 0.3) is 16.6 Å². The number of benzene rings is 3. The average molecular weight is 454 g/mol. The highest BCUT2D eigenvalue weighted by molar-refractivity contribution is 6.32. The van der Waals surface area contributed by atoms with Crippen LogP contribution in [0.1, 0.15) is 21.6 Å². The number of halogens is 1. The van der Waals surface area contributed by atoms with Gasteiger partial charge >= 0.3 is 0 Å². The first kappa shape index (κ1) is 20.4. The lowest BCUT2D eigenvalue weighted by Gasteiger charge is -2.10. The first-order chi connectivity index (χ1) is 16.0. The molecule has 0 aliphatic rings. The molecule has 0 aliphatic heterocycles. The van der Waals surface area contributed by atoms with Crippen molar-refractivity contribution in [3.8, 4) is 23.3 Å². The number of ether oxygens (including phenoxy) is 1. The van der Waals surface area contributed by atoms with E-state index in [2.05, 4.69) is 16.2 Å². The van der Waals surface area contributed by atoms with Crippen LogP contribution in [0.2, 0.25) is 5.02 Å². The molecule has 5 aromatic rings. The van der Waals surface area contributed by atoms with Gasteiger partial charge in [-0.25, -0.2) is 4.68 Å². The number of rotatable bonds is 5. The van der Waals surface area contributed by atoms with Gasteiger partial charge in [0.1, 0.15) is 17.3 Å². The molecular weight excluding hydrogens is 438 g/mol. The first-order valence-corrected chi connectivity index (χ1v) is 10.3. The van der Waals surface area contributed by atoms with Gasteiger partial charge in [0, 0.05) is 17.0 Å². The van der Waals surface area contributed by atoms with Crippen molar-refractivity contribution in [1.82, 2.24) is 14.8 Å². The van der Waals surface area contributed by atoms with Crippen LogP contribution in [0.4, 0.5) is 5.82 Å². The number of aromatic nitrogens is 3. The zero-order valence-corrected chi connectivity index (χ0v) is 17.9. The number of para-hydroxylation sites is 1. The summed E-state index contributed by atoms with van der Waals surface area (Å²) in [7, 11) is 0. The fourth-order valence-electron chi connectivity index (χ4n) is 3.55. The van der Waals surface area contributed by atoms with Gasteiger partial charge in [-0.1, -0.05) is 35.9 Å². The molecule has 3 aromatic carbocycles. The Morgan fingerprint density at radius 1 is 1.06 bits per heavy atom. The maximum atomic E-state index is 13.0. The Balaban J connectivity index is 1.43. The van der Waals surface area contributed by atoms with Crippen LogP contribution < -0.4 is 10.5 Å². The number of nitriles is 1. The van der Waals surface area contributed by atoms with Crippen molar-refractivity contribution >= 4 is 34.1 Å². The van der Waals surface area contributed by atoms with Crippen LogP contribution in [0, 0.1) is 11.3 Å². The lowest BCUT2D eigenvalue weighted by atomic mass is 10.1. The highest BCUT2D eigenvalue weighted by Crippen LogP contribution is 2.31. The number of fused-ring (bicyclic) bond motifs is 1. The third-order valence-corrected chi connectivity index (χ3v) is 5.47. The van der Waals surface area contributed by atoms with Gasteiger partial charge in [0.05, 0.1) is 39.8 Å². The predicted molar refractivity (Wildman–Crippen MR) is 126 cm³/mol. The number of nitrogens with two attached hydrogens (primary N) is 1. The number of nitrogens with one attached hydrogen (secondary N) is 1. The monoisotopic (exact) mass is 453 g/mol. The summed E-state index contributed by atoms with van der Waals surface area (Å²) in [5.41, 5.74) is 8.83. The normalized spacial score (nSPS) is 10.8. The second-order valence-electron chi connectivity index (χ2n) is 7.31. The summed E-state index contributed by atoms with van der Waals surface area (Å²) in [4.78, 5) is 16.2. The van der Waals surface area contributed by atoms with E-state index >= 15 is 0 Å². The van der Waals surface area contributed by atoms with Crippen LogP contribution in [0.5, 0.6) is 11.5 Å². The number of nitrogens with zero attached hydrogens (tertiary/aromatic N) is 3. The van der Waals surface area contributed by atoms with Crippen LogP contribution in [0.15, 0.2) is 79.0 Å². The molecule has 0 aliphatic carbocycles. The SMILES string of the molecule is N#Cc1cccc(Oc2ccc(-n3ncc(C(=O)c4cc5ccccc5[nH]4)c3N)c(Cl)c2)c1. The maximum Gasteiger partial charge on any atom is 0.214 e. The van der Waals surface area contributed by atoms with E-state index in [0.29, 0.717) is 33.5 Å². The third kappa shape index (κ3) is 3.80. The summed E-state index contributed by atoms with van der Waals surface area (Å²) < 4.78 is 7.21. The molecule has 0 atom stereocenters. The molecule has 0 radical (unpaired) electrons. The Hall–Kier alpha value is -4.54. The summed E-state index contributed by atoms with van der Waals surface area (Å²) in [6.07, 6.45) is 1.43. The van der Waals surface area contributed by atoms with Crippen LogP contribution in [-0.2, 0) is 0 Å². The molecule has 2 aromatic heterocycles. The van der Waals surface area contributed by atoms with E-state index in [1.807, 2.05) is 24.3 Å². The number of carbonyl (C=O) groups excluding carboxylic acids is 1. The molecule has 2 heterocycles. The molecule has 3 N–H and O–H groups in total. The van der Waals surface area contributed by atoms with E-state index in [9.17, 15) is 4.79 Å². The Morgan fingerprint density at radius 2 is 1.88 bits per heavy atom. The van der Waals surface area contributed by atoms with E-state index < -0.39 is 0 Å². The lowest BCUT2D eigenvalue weighted by molar-refractivity contribution is 0.103. The molecule has 0 bridgehead atoms. The second-order valence-corrected chi connectivity index (χ2v) is 7.72. The minimum Gasteiger partial charge on any atom is -0.457 e. The highest BCUT2D eigenvalue weighted by atomic mass is 35.5. The number of H-pyrrole nitrogens is 1. The van der Waals surface area contributed by atoms with Crippen LogP contribution in [-0.4, -0.2) is 20.5 Å². The molecule has 0 amide bonds. The molecule has 160 valence electrons. The molecule has 33 heavy (non-hydrogen) atoms. The number of anilines is 1. The molecule has 7 nitrogen and oxygen atoms in total. The van der Waals surface area contributed by atoms with Gasteiger partial charge in [0.15, 0.2) is 0 Å². The van der Waals surface area contributed by atoms with Crippen molar-refractivity contribution in [3.05, 3.63) is 101 Å². The van der Waals surface area contributed by atoms with Crippen molar-refractivity contribution in [2.45, 2.75) is 0 Å². The smallest absolute Gasteiger partial charge is 0.214 e. The third-order valence-electron chi connectivity index (χ3n) is 5.17. The van der Waals surface area contributed by atoms with Crippen LogP contribution in [0.3, 0.4) is 0 Å². The molecule has 0 fully saturated rings. The van der Waals surface area contributed by atoms with E-state index in [1.165, 1.54) is 10.9 Å². The summed E-state index contributed by atoms with van der Waals surface area (Å²) >= 11 is 6.48. The van der Waals surface area contributed by atoms with Gasteiger partial charge in [0.25, 0.3) is 0 Å². The zero-order chi connectivity index (χ0) is 22.9. The summed E-state index contributed by atoms with van der Waals surface area (Å²) in [6.45, 7) is 0. The standard InChI is InChI=1S/C25H16ClN5O2/c26-20-12-18(33-17-6-3-4-15(10-17)13-27)8-9-23(20)31-25(28)19(14-29-31)24(32)22-11-16-5-1-2-7-21(16)30-22/h1-12,14,30H,28H2. The van der Waals surface area contributed by atoms with Gasteiger partial charge in [-0.3, -0.25) is 4.79 Å². The minimum atomic E-state index is -0.261. The first-order valence-electron chi connectivity index (χ1n) is 9.97. The minimum absolute atomic E-state index is 0.177. The van der Waals surface area contributed by atoms with Crippen molar-refractivity contribution in [1.29, 1.82) is 5.26 Å². The topological polar surface area (TPSA) is 110 Å². The molecule has 8 heteroatoms. The van der Waals surface area contributed by atoms with Gasteiger partial charge in [-0.15, -0.1) is 0 Å². The van der Waals surface area contributed by atoms with Crippen molar-refractivity contribution in [2.75, 3.05) is 5.73 Å². The summed E-state index contributed by atoms with van der Waals surface area (Å²) in [6, 6.07) is 23.3. The molecule has 0 unspecified atom stereocenters. The average Bonchev–Trinajstić information content (AvgIpc) is 3.43. The predicted octanol–water partition coefficient (Wildman–Crippen LogP) is 5.48. The van der Waals surface area contributed by atoms with Crippen molar-refractivity contribution in [3.63, 3.8) is 0 Å². The number of hydrogen-bond donors (Lipinski definition) is 2. The molecular formula is C25H16ClN5O2. The maximum absolute atomic E-state index is 13.0.